The zero-order valence-electron chi connectivity index (χ0n) is 6.67. The maximum absolute atomic E-state index is 10.9. The Labute approximate surface area is 87.5 Å². The molecule has 84 valence electrons. The molecule has 1 rings (SSSR count). The molecule has 0 aromatic carbocycles. The molecule has 0 fully saturated rings. The van der Waals surface area contributed by atoms with E-state index in [1.807, 2.05) is 4.72 Å². The summed E-state index contributed by atoms with van der Waals surface area (Å²) < 4.78 is 44.3. The van der Waals surface area contributed by atoms with Gasteiger partial charge >= 0.3 is 0 Å². The molecule has 1 aliphatic rings. The second kappa shape index (κ2) is 4.75. The molecule has 0 saturated heterocycles. The lowest BCUT2D eigenvalue weighted by Gasteiger charge is -2.08. The quantitative estimate of drug-likeness (QED) is 0.574. The predicted molar refractivity (Wildman–Crippen MR) is 53.2 cm³/mol. The van der Waals surface area contributed by atoms with Crippen molar-refractivity contribution in [2.24, 2.45) is 5.14 Å². The fourth-order valence-corrected chi connectivity index (χ4v) is 2.92. The number of rotatable bonds is 1. The van der Waals surface area contributed by atoms with Gasteiger partial charge in [-0.3, -0.25) is 4.72 Å². The lowest BCUT2D eigenvalue weighted by molar-refractivity contribution is 0.592. The van der Waals surface area contributed by atoms with Crippen molar-refractivity contribution in [2.45, 2.75) is 0 Å². The van der Waals surface area contributed by atoms with Gasteiger partial charge in [0, 0.05) is 6.20 Å². The van der Waals surface area contributed by atoms with Crippen molar-refractivity contribution >= 4 is 32.5 Å². The molecule has 14 heavy (non-hydrogen) atoms. The minimum atomic E-state index is -4.17. The molecular weight excluding hydrogens is 256 g/mol. The van der Waals surface area contributed by atoms with E-state index >= 15 is 0 Å². The maximum atomic E-state index is 10.9. The lowest BCUT2D eigenvalue weighted by atomic mass is 10.6. The molecule has 0 bridgehead atoms. The Morgan fingerprint density at radius 2 is 1.86 bits per heavy atom. The predicted octanol–water partition coefficient (Wildman–Crippen LogP) is -1.84. The molecule has 0 aromatic rings. The summed E-state index contributed by atoms with van der Waals surface area (Å²) in [5.41, 5.74) is 0. The van der Waals surface area contributed by atoms with Crippen LogP contribution in [0.4, 0.5) is 0 Å². The van der Waals surface area contributed by atoms with Gasteiger partial charge in [0.15, 0.2) is 4.24 Å². The van der Waals surface area contributed by atoms with Gasteiger partial charge in [-0.15, -0.1) is 12.4 Å². The number of hydrogen-bond donors (Lipinski definition) is 2. The largest absolute Gasteiger partial charge is 0.412 e. The highest BCUT2D eigenvalue weighted by molar-refractivity contribution is 8.12. The number of hydrogen-bond acceptors (Lipinski definition) is 4. The Kier molecular flexibility index (Phi) is 5.38. The van der Waals surface area contributed by atoms with Crippen molar-refractivity contribution in [1.82, 2.24) is 4.72 Å². The van der Waals surface area contributed by atoms with E-state index in [2.05, 4.69) is 5.14 Å². The number of primary sulfonamides is 1. The van der Waals surface area contributed by atoms with Crippen LogP contribution in [0.15, 0.2) is 22.6 Å². The van der Waals surface area contributed by atoms with Gasteiger partial charge in [-0.25, -0.2) is 22.0 Å². The first-order chi connectivity index (χ1) is 5.34. The van der Waals surface area contributed by atoms with Crippen molar-refractivity contribution in [2.75, 3.05) is 0 Å². The van der Waals surface area contributed by atoms with Gasteiger partial charge < -0.3 is 5.48 Å². The van der Waals surface area contributed by atoms with Crippen LogP contribution in [0.2, 0.25) is 0 Å². The zero-order chi connectivity index (χ0) is 9.41. The second-order valence-electron chi connectivity index (χ2n) is 2.01. The van der Waals surface area contributed by atoms with Gasteiger partial charge in [-0.1, -0.05) is 0 Å². The molecule has 0 aromatic heterocycles. The first-order valence-corrected chi connectivity index (χ1v) is 5.79. The minimum Gasteiger partial charge on any atom is -0.412 e. The normalized spacial score (nSPS) is 18.2. The summed E-state index contributed by atoms with van der Waals surface area (Å²) in [6.45, 7) is 0. The topological polar surface area (TPSA) is 138 Å². The molecule has 0 amide bonds. The molecule has 0 radical (unpaired) electrons. The van der Waals surface area contributed by atoms with Crippen LogP contribution in [0.3, 0.4) is 0 Å². The third-order valence-corrected chi connectivity index (χ3v) is 4.26. The van der Waals surface area contributed by atoms with E-state index in [-0.39, 0.29) is 17.9 Å². The SMILES string of the molecule is Cl.NS(=O)(=O)C1=CC=CNS1(=O)=O.O. The average molecular weight is 265 g/mol. The summed E-state index contributed by atoms with van der Waals surface area (Å²) in [6.07, 6.45) is 3.26. The van der Waals surface area contributed by atoms with Crippen LogP contribution in [0.1, 0.15) is 0 Å². The smallest absolute Gasteiger partial charge is 0.273 e. The minimum absolute atomic E-state index is 0. The summed E-state index contributed by atoms with van der Waals surface area (Å²) in [7, 11) is -8.14. The monoisotopic (exact) mass is 264 g/mol. The summed E-state index contributed by atoms with van der Waals surface area (Å²) in [5, 5.41) is 4.64. The Balaban J connectivity index is 0. The van der Waals surface area contributed by atoms with Crippen LogP contribution < -0.4 is 9.86 Å². The van der Waals surface area contributed by atoms with Gasteiger partial charge in [0.2, 0.25) is 0 Å². The number of halogens is 1. The number of nitrogens with one attached hydrogen (secondary N) is 1. The van der Waals surface area contributed by atoms with Crippen molar-refractivity contribution in [3.05, 3.63) is 22.6 Å². The van der Waals surface area contributed by atoms with Crippen LogP contribution in [0.25, 0.3) is 0 Å². The number of allylic oxidation sites excluding steroid dienone is 2. The number of nitrogens with two attached hydrogens (primary N) is 1. The summed E-state index contributed by atoms with van der Waals surface area (Å²) >= 11 is 0. The van der Waals surface area contributed by atoms with E-state index in [0.717, 1.165) is 12.3 Å². The standard InChI is InChI=1S/C4H6N2O4S2.ClH.H2O/c5-11(7,8)4-2-1-3-6-12(4,9)10;;/h1-3,6H,(H2,5,7,8);1H;1H2. The Bertz CT molecular complexity index is 448. The van der Waals surface area contributed by atoms with Gasteiger partial charge in [0.25, 0.3) is 20.0 Å². The van der Waals surface area contributed by atoms with E-state index in [1.165, 1.54) is 6.08 Å². The molecule has 0 aliphatic carbocycles. The van der Waals surface area contributed by atoms with E-state index in [1.54, 1.807) is 0 Å². The summed E-state index contributed by atoms with van der Waals surface area (Å²) in [4.78, 5) is 0. The molecule has 0 unspecified atom stereocenters. The molecule has 1 aliphatic heterocycles. The highest BCUT2D eigenvalue weighted by atomic mass is 35.5. The van der Waals surface area contributed by atoms with Crippen LogP contribution in [-0.2, 0) is 20.0 Å². The molecule has 1 heterocycles. The summed E-state index contributed by atoms with van der Waals surface area (Å²) in [5.74, 6) is 0. The van der Waals surface area contributed by atoms with Crippen molar-refractivity contribution in [3.63, 3.8) is 0 Å². The Morgan fingerprint density at radius 3 is 2.14 bits per heavy atom. The highest BCUT2D eigenvalue weighted by Crippen LogP contribution is 2.12. The average Bonchev–Trinajstić information content (AvgIpc) is 1.83. The molecule has 0 saturated carbocycles. The lowest BCUT2D eigenvalue weighted by Crippen LogP contribution is -2.29. The fraction of sp³-hybridized carbons (Fsp3) is 0. The van der Waals surface area contributed by atoms with E-state index in [0.29, 0.717) is 0 Å². The Hall–Kier alpha value is -0.610. The van der Waals surface area contributed by atoms with E-state index in [4.69, 9.17) is 0 Å². The second-order valence-corrected chi connectivity index (χ2v) is 5.48. The third-order valence-electron chi connectivity index (χ3n) is 1.10. The molecule has 0 atom stereocenters. The van der Waals surface area contributed by atoms with E-state index in [9.17, 15) is 16.8 Å². The third kappa shape index (κ3) is 3.27. The van der Waals surface area contributed by atoms with Crippen molar-refractivity contribution < 1.29 is 22.3 Å². The van der Waals surface area contributed by atoms with Crippen molar-refractivity contribution in [1.29, 1.82) is 0 Å². The zero-order valence-corrected chi connectivity index (χ0v) is 9.12. The van der Waals surface area contributed by atoms with Crippen LogP contribution in [-0.4, -0.2) is 22.3 Å². The fourth-order valence-electron chi connectivity index (χ4n) is 0.651. The first-order valence-electron chi connectivity index (χ1n) is 2.76. The Morgan fingerprint density at radius 1 is 1.36 bits per heavy atom. The van der Waals surface area contributed by atoms with Gasteiger partial charge in [-0.2, -0.15) is 0 Å². The molecule has 5 N–H and O–H groups in total. The van der Waals surface area contributed by atoms with Crippen LogP contribution in [0, 0.1) is 0 Å². The first kappa shape index (κ1) is 15.8. The van der Waals surface area contributed by atoms with Gasteiger partial charge in [0.1, 0.15) is 0 Å². The van der Waals surface area contributed by atoms with Gasteiger partial charge in [-0.05, 0) is 12.2 Å². The number of sulfonamides is 2. The summed E-state index contributed by atoms with van der Waals surface area (Å²) in [6, 6.07) is 0. The molecule has 7 nitrogen and oxygen atoms in total. The van der Waals surface area contributed by atoms with Gasteiger partial charge in [0.05, 0.1) is 0 Å². The molecule has 0 spiro atoms. The highest BCUT2D eigenvalue weighted by Gasteiger charge is 2.27. The van der Waals surface area contributed by atoms with E-state index < -0.39 is 24.3 Å². The maximum Gasteiger partial charge on any atom is 0.273 e. The molecule has 10 heteroatoms. The van der Waals surface area contributed by atoms with Crippen molar-refractivity contribution in [3.8, 4) is 0 Å². The van der Waals surface area contributed by atoms with Crippen LogP contribution >= 0.6 is 12.4 Å². The molecular formula is C4H9ClN2O5S2. The van der Waals surface area contributed by atoms with Crippen LogP contribution in [0.5, 0.6) is 0 Å².